The van der Waals surface area contributed by atoms with Gasteiger partial charge in [-0.25, -0.2) is 0 Å². The Morgan fingerprint density at radius 3 is 2.94 bits per heavy atom. The quantitative estimate of drug-likeness (QED) is 0.697. The minimum Gasteiger partial charge on any atom is -0.389 e. The molecule has 1 spiro atoms. The zero-order valence-electron chi connectivity index (χ0n) is 10.5. The van der Waals surface area contributed by atoms with Crippen LogP contribution >= 0.6 is 0 Å². The van der Waals surface area contributed by atoms with Gasteiger partial charge in [0, 0.05) is 11.8 Å². The van der Waals surface area contributed by atoms with Gasteiger partial charge in [0.05, 0.1) is 5.60 Å². The molecular formula is C15H20O2. The molecule has 92 valence electrons. The van der Waals surface area contributed by atoms with Gasteiger partial charge in [0.25, 0.3) is 0 Å². The summed E-state index contributed by atoms with van der Waals surface area (Å²) in [6.07, 6.45) is 7.32. The van der Waals surface area contributed by atoms with Crippen molar-refractivity contribution < 1.29 is 9.90 Å². The van der Waals surface area contributed by atoms with Crippen molar-refractivity contribution in [2.45, 2.75) is 57.5 Å². The molecule has 0 bridgehead atoms. The van der Waals surface area contributed by atoms with Crippen molar-refractivity contribution in [2.75, 3.05) is 0 Å². The standard InChI is InChI=1S/C15H20O2/c1-9-12(16)7-10-8-14(17)6-4-11-3-2-5-15(11,14)13(9)10/h10-11,17H,2-8H2,1H3/t10-,11+,14+,15+/m0/s1. The smallest absolute Gasteiger partial charge is 0.159 e. The van der Waals surface area contributed by atoms with Crippen molar-refractivity contribution >= 4 is 5.78 Å². The first-order chi connectivity index (χ1) is 8.08. The van der Waals surface area contributed by atoms with E-state index in [4.69, 9.17) is 0 Å². The molecule has 3 fully saturated rings. The molecule has 1 N–H and O–H groups in total. The van der Waals surface area contributed by atoms with E-state index >= 15 is 0 Å². The number of aliphatic hydroxyl groups is 1. The lowest BCUT2D eigenvalue weighted by Crippen LogP contribution is -2.41. The van der Waals surface area contributed by atoms with Crippen LogP contribution in [0.15, 0.2) is 11.1 Å². The Hall–Kier alpha value is -0.630. The highest BCUT2D eigenvalue weighted by atomic mass is 16.3. The number of carbonyl (C=O) groups is 1. The number of rotatable bonds is 0. The molecule has 0 saturated heterocycles. The van der Waals surface area contributed by atoms with E-state index in [1.165, 1.54) is 24.8 Å². The lowest BCUT2D eigenvalue weighted by molar-refractivity contribution is -0.115. The van der Waals surface area contributed by atoms with Crippen LogP contribution in [-0.2, 0) is 4.79 Å². The molecule has 0 aromatic carbocycles. The fraction of sp³-hybridized carbons (Fsp3) is 0.800. The molecule has 2 nitrogen and oxygen atoms in total. The predicted molar refractivity (Wildman–Crippen MR) is 64.4 cm³/mol. The van der Waals surface area contributed by atoms with Crippen LogP contribution in [-0.4, -0.2) is 16.5 Å². The average Bonchev–Trinajstić information content (AvgIpc) is 2.90. The molecular weight excluding hydrogens is 212 g/mol. The lowest BCUT2D eigenvalue weighted by Gasteiger charge is -2.38. The summed E-state index contributed by atoms with van der Waals surface area (Å²) in [5.74, 6) is 1.39. The second-order valence-corrected chi connectivity index (χ2v) is 6.70. The number of hydrogen-bond acceptors (Lipinski definition) is 2. The van der Waals surface area contributed by atoms with Gasteiger partial charge < -0.3 is 5.11 Å². The molecule has 3 saturated carbocycles. The van der Waals surface area contributed by atoms with Crippen molar-refractivity contribution in [1.82, 2.24) is 0 Å². The maximum absolute atomic E-state index is 11.9. The number of fused-ring (bicyclic) bond motifs is 1. The molecule has 17 heavy (non-hydrogen) atoms. The third-order valence-electron chi connectivity index (χ3n) is 6.28. The van der Waals surface area contributed by atoms with E-state index in [-0.39, 0.29) is 5.41 Å². The Labute approximate surface area is 102 Å². The first-order valence-corrected chi connectivity index (χ1v) is 7.05. The zero-order valence-corrected chi connectivity index (χ0v) is 10.5. The molecule has 4 rings (SSSR count). The second kappa shape index (κ2) is 2.85. The summed E-state index contributed by atoms with van der Waals surface area (Å²) in [7, 11) is 0. The van der Waals surface area contributed by atoms with Crippen LogP contribution in [0.1, 0.15) is 51.9 Å². The third kappa shape index (κ3) is 0.929. The molecule has 0 radical (unpaired) electrons. The zero-order chi connectivity index (χ0) is 11.8. The number of allylic oxidation sites excluding steroid dienone is 1. The number of carbonyl (C=O) groups excluding carboxylic acids is 1. The number of hydrogen-bond donors (Lipinski definition) is 1. The van der Waals surface area contributed by atoms with Crippen LogP contribution in [0.5, 0.6) is 0 Å². The molecule has 0 aliphatic heterocycles. The van der Waals surface area contributed by atoms with Crippen molar-refractivity contribution in [2.24, 2.45) is 17.3 Å². The summed E-state index contributed by atoms with van der Waals surface area (Å²) in [6, 6.07) is 0. The van der Waals surface area contributed by atoms with E-state index in [2.05, 4.69) is 0 Å². The van der Waals surface area contributed by atoms with Crippen LogP contribution < -0.4 is 0 Å². The van der Waals surface area contributed by atoms with Gasteiger partial charge in [-0.1, -0.05) is 12.0 Å². The van der Waals surface area contributed by atoms with Gasteiger partial charge in [-0.05, 0) is 56.4 Å². The maximum Gasteiger partial charge on any atom is 0.159 e. The molecule has 0 amide bonds. The Balaban J connectivity index is 1.96. The fourth-order valence-corrected chi connectivity index (χ4v) is 5.82. The summed E-state index contributed by atoms with van der Waals surface area (Å²) in [4.78, 5) is 11.9. The summed E-state index contributed by atoms with van der Waals surface area (Å²) in [6.45, 7) is 2.01. The predicted octanol–water partition coefficient (Wildman–Crippen LogP) is 2.61. The van der Waals surface area contributed by atoms with Crippen LogP contribution in [0.3, 0.4) is 0 Å². The average molecular weight is 232 g/mol. The Kier molecular flexibility index (Phi) is 1.73. The van der Waals surface area contributed by atoms with Gasteiger partial charge in [0.1, 0.15) is 0 Å². The lowest BCUT2D eigenvalue weighted by atomic mass is 9.69. The molecule has 4 aliphatic carbocycles. The van der Waals surface area contributed by atoms with Gasteiger partial charge in [-0.15, -0.1) is 0 Å². The molecule has 4 atom stereocenters. The molecule has 0 aromatic heterocycles. The van der Waals surface area contributed by atoms with Crippen molar-refractivity contribution in [1.29, 1.82) is 0 Å². The minimum atomic E-state index is -0.462. The first-order valence-electron chi connectivity index (χ1n) is 7.05. The highest BCUT2D eigenvalue weighted by molar-refractivity contribution is 5.99. The summed E-state index contributed by atoms with van der Waals surface area (Å²) >= 11 is 0. The van der Waals surface area contributed by atoms with E-state index in [1.807, 2.05) is 6.92 Å². The monoisotopic (exact) mass is 232 g/mol. The SMILES string of the molecule is CC1=C2[C@@H](CC1=O)C[C@]1(O)CC[C@H]3CCC[C@]231. The molecule has 0 aromatic rings. The highest BCUT2D eigenvalue weighted by Crippen LogP contribution is 2.72. The largest absolute Gasteiger partial charge is 0.389 e. The van der Waals surface area contributed by atoms with Crippen molar-refractivity contribution in [3.63, 3.8) is 0 Å². The van der Waals surface area contributed by atoms with E-state index in [9.17, 15) is 9.90 Å². The minimum absolute atomic E-state index is 0.0217. The van der Waals surface area contributed by atoms with E-state index < -0.39 is 5.60 Å². The number of Topliss-reactive ketones (excluding diaryl/α,β-unsaturated/α-hetero) is 1. The Morgan fingerprint density at radius 1 is 1.29 bits per heavy atom. The van der Waals surface area contributed by atoms with Gasteiger partial charge in [-0.2, -0.15) is 0 Å². The van der Waals surface area contributed by atoms with Gasteiger partial charge in [0.2, 0.25) is 0 Å². The summed E-state index contributed by atoms with van der Waals surface area (Å²) in [5.41, 5.74) is 1.97. The topological polar surface area (TPSA) is 37.3 Å². The van der Waals surface area contributed by atoms with Crippen LogP contribution in [0.4, 0.5) is 0 Å². The van der Waals surface area contributed by atoms with Gasteiger partial charge in [0.15, 0.2) is 5.78 Å². The molecule has 4 aliphatic rings. The van der Waals surface area contributed by atoms with E-state index in [0.717, 1.165) is 24.8 Å². The van der Waals surface area contributed by atoms with Crippen molar-refractivity contribution in [3.05, 3.63) is 11.1 Å². The number of ketones is 1. The highest BCUT2D eigenvalue weighted by Gasteiger charge is 2.69. The van der Waals surface area contributed by atoms with E-state index in [0.29, 0.717) is 24.0 Å². The van der Waals surface area contributed by atoms with Crippen LogP contribution in [0.2, 0.25) is 0 Å². The summed E-state index contributed by atoms with van der Waals surface area (Å²) < 4.78 is 0. The molecule has 0 heterocycles. The van der Waals surface area contributed by atoms with Crippen LogP contribution in [0, 0.1) is 17.3 Å². The first kappa shape index (κ1) is 10.3. The second-order valence-electron chi connectivity index (χ2n) is 6.70. The van der Waals surface area contributed by atoms with Crippen LogP contribution in [0.25, 0.3) is 0 Å². The fourth-order valence-electron chi connectivity index (χ4n) is 5.82. The molecule has 0 unspecified atom stereocenters. The van der Waals surface area contributed by atoms with Gasteiger partial charge in [-0.3, -0.25) is 4.79 Å². The van der Waals surface area contributed by atoms with Gasteiger partial charge >= 0.3 is 0 Å². The van der Waals surface area contributed by atoms with Crippen molar-refractivity contribution in [3.8, 4) is 0 Å². The normalized spacial score (nSPS) is 52.0. The molecule has 2 heteroatoms. The third-order valence-corrected chi connectivity index (χ3v) is 6.28. The Bertz CT molecular complexity index is 450. The van der Waals surface area contributed by atoms with E-state index in [1.54, 1.807) is 0 Å². The maximum atomic E-state index is 11.9. The summed E-state index contributed by atoms with van der Waals surface area (Å²) in [5, 5.41) is 11.1. The Morgan fingerprint density at radius 2 is 2.12 bits per heavy atom.